The van der Waals surface area contributed by atoms with Crippen LogP contribution in [0.2, 0.25) is 10.0 Å². The maximum absolute atomic E-state index is 11.8. The minimum atomic E-state index is -0.941. The molecule has 2 aromatic carbocycles. The molecule has 0 aliphatic carbocycles. The van der Waals surface area contributed by atoms with Crippen LogP contribution >= 0.6 is 23.2 Å². The van der Waals surface area contributed by atoms with E-state index in [2.05, 4.69) is 0 Å². The van der Waals surface area contributed by atoms with E-state index >= 15 is 0 Å². The Bertz CT molecular complexity index is 897. The van der Waals surface area contributed by atoms with Crippen LogP contribution in [0.5, 0.6) is 0 Å². The number of carboxylic acid groups (broad SMARTS) is 1. The molecule has 3 aromatic rings. The summed E-state index contributed by atoms with van der Waals surface area (Å²) < 4.78 is 1.86. The molecule has 128 valence electrons. The van der Waals surface area contributed by atoms with Crippen LogP contribution in [-0.2, 0) is 6.54 Å². The Morgan fingerprint density at radius 3 is 1.96 bits per heavy atom. The molecule has 3 rings (SSSR count). The standard InChI is InChI=1S/C20H17Cl2NO2/c1-2-11-23-18(20(24)25)12-17(13-3-7-15(21)8-4-13)19(23)14-5-9-16(22)10-6-14/h3-10,12H,2,11H2,1H3,(H,24,25). The van der Waals surface area contributed by atoms with E-state index in [4.69, 9.17) is 23.2 Å². The molecule has 0 fully saturated rings. The van der Waals surface area contributed by atoms with E-state index in [0.717, 1.165) is 28.8 Å². The van der Waals surface area contributed by atoms with E-state index in [1.165, 1.54) is 0 Å². The molecule has 0 atom stereocenters. The summed E-state index contributed by atoms with van der Waals surface area (Å²) in [5, 5.41) is 10.9. The van der Waals surface area contributed by atoms with Crippen molar-refractivity contribution in [1.29, 1.82) is 0 Å². The van der Waals surface area contributed by atoms with Gasteiger partial charge in [-0.15, -0.1) is 0 Å². The molecular weight excluding hydrogens is 357 g/mol. The number of rotatable bonds is 5. The largest absolute Gasteiger partial charge is 0.477 e. The third kappa shape index (κ3) is 3.58. The highest BCUT2D eigenvalue weighted by Crippen LogP contribution is 2.36. The average Bonchev–Trinajstić information content (AvgIpc) is 2.96. The summed E-state index contributed by atoms with van der Waals surface area (Å²) in [6.45, 7) is 2.65. The Labute approximate surface area is 156 Å². The van der Waals surface area contributed by atoms with Gasteiger partial charge in [-0.25, -0.2) is 4.79 Å². The average molecular weight is 374 g/mol. The summed E-state index contributed by atoms with van der Waals surface area (Å²) in [5.74, 6) is -0.941. The van der Waals surface area contributed by atoms with Gasteiger partial charge >= 0.3 is 5.97 Å². The summed E-state index contributed by atoms with van der Waals surface area (Å²) in [6.07, 6.45) is 0.829. The van der Waals surface area contributed by atoms with Gasteiger partial charge < -0.3 is 9.67 Å². The van der Waals surface area contributed by atoms with Crippen LogP contribution in [0.15, 0.2) is 54.6 Å². The molecule has 0 bridgehead atoms. The second-order valence-corrected chi connectivity index (χ2v) is 6.64. The molecule has 3 nitrogen and oxygen atoms in total. The minimum Gasteiger partial charge on any atom is -0.477 e. The van der Waals surface area contributed by atoms with Crippen LogP contribution in [0.1, 0.15) is 23.8 Å². The van der Waals surface area contributed by atoms with E-state index in [1.807, 2.05) is 47.9 Å². The van der Waals surface area contributed by atoms with Gasteiger partial charge in [0.1, 0.15) is 5.69 Å². The molecule has 0 aliphatic heterocycles. The number of aromatic nitrogens is 1. The summed E-state index contributed by atoms with van der Waals surface area (Å²) >= 11 is 12.0. The van der Waals surface area contributed by atoms with Gasteiger partial charge in [0.25, 0.3) is 0 Å². The van der Waals surface area contributed by atoms with Crippen LogP contribution < -0.4 is 0 Å². The highest BCUT2D eigenvalue weighted by atomic mass is 35.5. The van der Waals surface area contributed by atoms with Gasteiger partial charge in [0, 0.05) is 22.2 Å². The van der Waals surface area contributed by atoms with Crippen LogP contribution in [0.3, 0.4) is 0 Å². The van der Waals surface area contributed by atoms with E-state index in [1.54, 1.807) is 18.2 Å². The number of benzene rings is 2. The van der Waals surface area contributed by atoms with Crippen LogP contribution in [-0.4, -0.2) is 15.6 Å². The van der Waals surface area contributed by atoms with Crippen molar-refractivity contribution < 1.29 is 9.90 Å². The second-order valence-electron chi connectivity index (χ2n) is 5.76. The summed E-state index contributed by atoms with van der Waals surface area (Å²) in [7, 11) is 0. The first-order valence-electron chi connectivity index (χ1n) is 8.00. The Morgan fingerprint density at radius 2 is 1.48 bits per heavy atom. The number of carbonyl (C=O) groups is 1. The molecule has 0 saturated heterocycles. The first kappa shape index (κ1) is 17.6. The molecule has 1 N–H and O–H groups in total. The van der Waals surface area contributed by atoms with Crippen molar-refractivity contribution in [3.8, 4) is 22.4 Å². The van der Waals surface area contributed by atoms with Gasteiger partial charge in [-0.3, -0.25) is 0 Å². The van der Waals surface area contributed by atoms with E-state index in [9.17, 15) is 9.90 Å². The molecule has 1 heterocycles. The maximum Gasteiger partial charge on any atom is 0.352 e. The highest BCUT2D eigenvalue weighted by Gasteiger charge is 2.21. The number of nitrogens with zero attached hydrogens (tertiary/aromatic N) is 1. The van der Waals surface area contributed by atoms with Crippen molar-refractivity contribution in [3.05, 3.63) is 70.3 Å². The molecule has 25 heavy (non-hydrogen) atoms. The van der Waals surface area contributed by atoms with Gasteiger partial charge in [0.2, 0.25) is 0 Å². The lowest BCUT2D eigenvalue weighted by Gasteiger charge is -2.13. The third-order valence-electron chi connectivity index (χ3n) is 4.04. The quantitative estimate of drug-likeness (QED) is 0.575. The van der Waals surface area contributed by atoms with Crippen molar-refractivity contribution in [2.24, 2.45) is 0 Å². The van der Waals surface area contributed by atoms with E-state index in [0.29, 0.717) is 16.6 Å². The van der Waals surface area contributed by atoms with Gasteiger partial charge in [-0.1, -0.05) is 54.4 Å². The smallest absolute Gasteiger partial charge is 0.352 e. The van der Waals surface area contributed by atoms with Crippen LogP contribution in [0.4, 0.5) is 0 Å². The van der Waals surface area contributed by atoms with Crippen molar-refractivity contribution in [3.63, 3.8) is 0 Å². The Hall–Kier alpha value is -2.23. The summed E-state index contributed by atoms with van der Waals surface area (Å²) in [4.78, 5) is 11.8. The molecule has 0 radical (unpaired) electrons. The predicted octanol–water partition coefficient (Wildman–Crippen LogP) is 6.24. The Balaban J connectivity index is 2.29. The third-order valence-corrected chi connectivity index (χ3v) is 4.54. The van der Waals surface area contributed by atoms with Crippen LogP contribution in [0, 0.1) is 0 Å². The normalized spacial score (nSPS) is 10.8. The lowest BCUT2D eigenvalue weighted by atomic mass is 10.0. The maximum atomic E-state index is 11.8. The lowest BCUT2D eigenvalue weighted by molar-refractivity contribution is 0.0685. The molecule has 0 spiro atoms. The number of carboxylic acids is 1. The highest BCUT2D eigenvalue weighted by molar-refractivity contribution is 6.31. The number of aromatic carboxylic acids is 1. The number of hydrogen-bond acceptors (Lipinski definition) is 1. The SMILES string of the molecule is CCCn1c(C(=O)O)cc(-c2ccc(Cl)cc2)c1-c1ccc(Cl)cc1. The van der Waals surface area contributed by atoms with Gasteiger partial charge in [0.15, 0.2) is 0 Å². The number of halogens is 2. The zero-order valence-corrected chi connectivity index (χ0v) is 15.2. The Morgan fingerprint density at radius 1 is 0.960 bits per heavy atom. The fourth-order valence-electron chi connectivity index (χ4n) is 2.95. The van der Waals surface area contributed by atoms with Crippen molar-refractivity contribution >= 4 is 29.2 Å². The van der Waals surface area contributed by atoms with Crippen molar-refractivity contribution in [2.75, 3.05) is 0 Å². The zero-order chi connectivity index (χ0) is 18.0. The van der Waals surface area contributed by atoms with Crippen molar-refractivity contribution in [2.45, 2.75) is 19.9 Å². The first-order chi connectivity index (χ1) is 12.0. The molecule has 0 aliphatic rings. The monoisotopic (exact) mass is 373 g/mol. The minimum absolute atomic E-state index is 0.275. The molecule has 1 aromatic heterocycles. The molecule has 5 heteroatoms. The lowest BCUT2D eigenvalue weighted by Crippen LogP contribution is -2.09. The van der Waals surface area contributed by atoms with Gasteiger partial charge in [0.05, 0.1) is 5.69 Å². The van der Waals surface area contributed by atoms with Gasteiger partial charge in [-0.2, -0.15) is 0 Å². The second kappa shape index (κ2) is 7.34. The Kier molecular flexibility index (Phi) is 5.16. The van der Waals surface area contributed by atoms with E-state index < -0.39 is 5.97 Å². The first-order valence-corrected chi connectivity index (χ1v) is 8.75. The van der Waals surface area contributed by atoms with Gasteiger partial charge in [-0.05, 0) is 47.9 Å². The molecule has 0 unspecified atom stereocenters. The molecule has 0 saturated carbocycles. The summed E-state index contributed by atoms with van der Waals surface area (Å²) in [5.41, 5.74) is 3.86. The topological polar surface area (TPSA) is 42.2 Å². The molecular formula is C20H17Cl2NO2. The van der Waals surface area contributed by atoms with Crippen LogP contribution in [0.25, 0.3) is 22.4 Å². The van der Waals surface area contributed by atoms with E-state index in [-0.39, 0.29) is 5.69 Å². The fraction of sp³-hybridized carbons (Fsp3) is 0.150. The summed E-state index contributed by atoms with van der Waals surface area (Å²) in [6, 6.07) is 16.6. The zero-order valence-electron chi connectivity index (χ0n) is 13.7. The fourth-order valence-corrected chi connectivity index (χ4v) is 3.20. The predicted molar refractivity (Wildman–Crippen MR) is 103 cm³/mol. The number of hydrogen-bond donors (Lipinski definition) is 1. The van der Waals surface area contributed by atoms with Crippen molar-refractivity contribution in [1.82, 2.24) is 4.57 Å². The molecule has 0 amide bonds.